The fourth-order valence-corrected chi connectivity index (χ4v) is 5.06. The summed E-state index contributed by atoms with van der Waals surface area (Å²) in [5.41, 5.74) is 5.37. The molecule has 1 unspecified atom stereocenters. The van der Waals surface area contributed by atoms with E-state index in [0.717, 1.165) is 4.57 Å². The highest BCUT2D eigenvalue weighted by Crippen LogP contribution is 2.31. The van der Waals surface area contributed by atoms with Gasteiger partial charge in [-0.2, -0.15) is 5.10 Å². The molecule has 0 aliphatic rings. The number of aromatic nitrogens is 4. The van der Waals surface area contributed by atoms with Gasteiger partial charge < -0.3 is 10.5 Å². The van der Waals surface area contributed by atoms with Crippen molar-refractivity contribution in [2.24, 2.45) is 5.73 Å². The summed E-state index contributed by atoms with van der Waals surface area (Å²) in [5.74, 6) is -0.741. The highest BCUT2D eigenvalue weighted by Gasteiger charge is 2.25. The third-order valence-electron chi connectivity index (χ3n) is 5.58. The average Bonchev–Trinajstić information content (AvgIpc) is 3.41. The van der Waals surface area contributed by atoms with E-state index >= 15 is 0 Å². The van der Waals surface area contributed by atoms with Gasteiger partial charge in [0.1, 0.15) is 27.4 Å². The Morgan fingerprint density at radius 1 is 1.33 bits per heavy atom. The number of carbonyl (C=O) groups excluding carboxylic acids is 1. The Balaban J connectivity index is 1.95. The van der Waals surface area contributed by atoms with Gasteiger partial charge in [-0.3, -0.25) is 14.2 Å². The first-order valence-electron chi connectivity index (χ1n) is 10.1. The number of benzene rings is 1. The number of primary amides is 1. The second-order valence-corrected chi connectivity index (χ2v) is 8.53. The lowest BCUT2D eigenvalue weighted by Gasteiger charge is -2.16. The Morgan fingerprint density at radius 2 is 2.09 bits per heavy atom. The molecular weight excluding hydrogens is 449 g/mol. The molecule has 0 spiro atoms. The molecule has 33 heavy (non-hydrogen) atoms. The second-order valence-electron chi connectivity index (χ2n) is 7.56. The second kappa shape index (κ2) is 8.66. The Bertz CT molecular complexity index is 1470. The van der Waals surface area contributed by atoms with Crippen molar-refractivity contribution >= 4 is 27.5 Å². The van der Waals surface area contributed by atoms with Gasteiger partial charge in [-0.25, -0.2) is 18.4 Å². The van der Waals surface area contributed by atoms with Gasteiger partial charge in [0.2, 0.25) is 5.91 Å². The molecule has 0 radical (unpaired) electrons. The summed E-state index contributed by atoms with van der Waals surface area (Å²) in [6.07, 6.45) is 3.61. The number of fused-ring (bicyclic) bond motifs is 1. The van der Waals surface area contributed by atoms with Crippen LogP contribution in [0.15, 0.2) is 46.2 Å². The molecule has 1 aromatic carbocycles. The van der Waals surface area contributed by atoms with Crippen LogP contribution in [0.5, 0.6) is 5.75 Å². The number of nitrogens with zero attached hydrogens (tertiary/aromatic N) is 4. The van der Waals surface area contributed by atoms with Gasteiger partial charge in [-0.05, 0) is 50.1 Å². The number of halogens is 1. The van der Waals surface area contributed by atoms with Crippen molar-refractivity contribution in [2.45, 2.75) is 32.9 Å². The average molecular weight is 472 g/mol. The van der Waals surface area contributed by atoms with Crippen LogP contribution in [-0.4, -0.2) is 31.9 Å². The SMILES string of the molecule is COc1ccc(F)cc1CCn1c(=O)n(C(C)C(N)=O)c(=O)c2c(C)c(-n3cccn3)sc21. The Morgan fingerprint density at radius 3 is 2.73 bits per heavy atom. The summed E-state index contributed by atoms with van der Waals surface area (Å²) in [7, 11) is 1.48. The van der Waals surface area contributed by atoms with Gasteiger partial charge in [0.05, 0.1) is 12.5 Å². The molecule has 3 aromatic heterocycles. The Labute approximate surface area is 191 Å². The van der Waals surface area contributed by atoms with Crippen molar-refractivity contribution in [1.82, 2.24) is 18.9 Å². The largest absolute Gasteiger partial charge is 0.496 e. The van der Waals surface area contributed by atoms with Crippen LogP contribution in [0.1, 0.15) is 24.1 Å². The molecule has 4 aromatic rings. The van der Waals surface area contributed by atoms with Crippen LogP contribution < -0.4 is 21.7 Å². The van der Waals surface area contributed by atoms with Crippen molar-refractivity contribution in [1.29, 1.82) is 0 Å². The molecular formula is C22H22FN5O4S. The third kappa shape index (κ3) is 3.84. The predicted octanol–water partition coefficient (Wildman–Crippen LogP) is 2.16. The first-order chi connectivity index (χ1) is 15.7. The zero-order valence-corrected chi connectivity index (χ0v) is 19.1. The highest BCUT2D eigenvalue weighted by molar-refractivity contribution is 7.21. The van der Waals surface area contributed by atoms with Crippen LogP contribution in [0.4, 0.5) is 4.39 Å². The first kappa shape index (κ1) is 22.5. The molecule has 172 valence electrons. The van der Waals surface area contributed by atoms with E-state index in [0.29, 0.717) is 32.1 Å². The summed E-state index contributed by atoms with van der Waals surface area (Å²) >= 11 is 1.24. The molecule has 0 saturated carbocycles. The van der Waals surface area contributed by atoms with Gasteiger partial charge in [-0.1, -0.05) is 11.3 Å². The van der Waals surface area contributed by atoms with Crippen LogP contribution in [0.3, 0.4) is 0 Å². The van der Waals surface area contributed by atoms with E-state index in [2.05, 4.69) is 5.10 Å². The maximum absolute atomic E-state index is 13.8. The van der Waals surface area contributed by atoms with Gasteiger partial charge >= 0.3 is 5.69 Å². The molecule has 0 aliphatic heterocycles. The van der Waals surface area contributed by atoms with Crippen LogP contribution in [0.25, 0.3) is 15.2 Å². The van der Waals surface area contributed by atoms with Gasteiger partial charge in [0, 0.05) is 24.5 Å². The Kier molecular flexibility index (Phi) is 5.90. The number of aryl methyl sites for hydroxylation is 3. The number of carbonyl (C=O) groups is 1. The molecule has 9 nitrogen and oxygen atoms in total. The maximum atomic E-state index is 13.8. The fourth-order valence-electron chi connectivity index (χ4n) is 3.80. The number of methoxy groups -OCH3 is 1. The van der Waals surface area contributed by atoms with Gasteiger partial charge in [0.25, 0.3) is 5.56 Å². The quantitative estimate of drug-likeness (QED) is 0.444. The molecule has 4 rings (SSSR count). The number of hydrogen-bond donors (Lipinski definition) is 1. The molecule has 0 bridgehead atoms. The van der Waals surface area contributed by atoms with Gasteiger partial charge in [0.15, 0.2) is 0 Å². The van der Waals surface area contributed by atoms with E-state index < -0.39 is 29.0 Å². The first-order valence-corrected chi connectivity index (χ1v) is 11.0. The van der Waals surface area contributed by atoms with E-state index in [-0.39, 0.29) is 13.0 Å². The van der Waals surface area contributed by atoms with Crippen LogP contribution in [-0.2, 0) is 17.8 Å². The molecule has 1 atom stereocenters. The van der Waals surface area contributed by atoms with Crippen molar-refractivity contribution in [3.63, 3.8) is 0 Å². The molecule has 0 fully saturated rings. The smallest absolute Gasteiger partial charge is 0.332 e. The summed E-state index contributed by atoms with van der Waals surface area (Å²) < 4.78 is 23.1. The minimum atomic E-state index is -1.14. The van der Waals surface area contributed by atoms with Crippen molar-refractivity contribution in [3.05, 3.63) is 74.4 Å². The summed E-state index contributed by atoms with van der Waals surface area (Å²) in [6.45, 7) is 3.30. The lowest BCUT2D eigenvalue weighted by Crippen LogP contribution is -2.45. The lowest BCUT2D eigenvalue weighted by molar-refractivity contribution is -0.120. The minimum absolute atomic E-state index is 0.124. The summed E-state index contributed by atoms with van der Waals surface area (Å²) in [6, 6.07) is 4.76. The number of hydrogen-bond acceptors (Lipinski definition) is 6. The van der Waals surface area contributed by atoms with Crippen molar-refractivity contribution < 1.29 is 13.9 Å². The van der Waals surface area contributed by atoms with Crippen molar-refractivity contribution in [3.8, 4) is 10.8 Å². The molecule has 11 heteroatoms. The molecule has 3 heterocycles. The third-order valence-corrected chi connectivity index (χ3v) is 6.88. The van der Waals surface area contributed by atoms with E-state index in [1.807, 2.05) is 0 Å². The van der Waals surface area contributed by atoms with Crippen LogP contribution in [0, 0.1) is 12.7 Å². The number of thiophene rings is 1. The number of nitrogens with two attached hydrogens (primary N) is 1. The number of ether oxygens (including phenoxy) is 1. The molecule has 0 saturated heterocycles. The van der Waals surface area contributed by atoms with E-state index in [4.69, 9.17) is 10.5 Å². The topological polar surface area (TPSA) is 114 Å². The van der Waals surface area contributed by atoms with Crippen LogP contribution in [0.2, 0.25) is 0 Å². The lowest BCUT2D eigenvalue weighted by atomic mass is 10.1. The minimum Gasteiger partial charge on any atom is -0.496 e. The van der Waals surface area contributed by atoms with E-state index in [1.165, 1.54) is 48.1 Å². The van der Waals surface area contributed by atoms with E-state index in [9.17, 15) is 18.8 Å². The number of amides is 1. The predicted molar refractivity (Wildman–Crippen MR) is 123 cm³/mol. The zero-order valence-electron chi connectivity index (χ0n) is 18.2. The number of rotatable bonds is 7. The standard InChI is InChI=1S/C22H22FN5O4S/c1-12-17-19(30)28(13(2)18(24)29)22(31)26(21(17)33-20(12)27-9-4-8-25-27)10-7-14-11-15(23)5-6-16(14)32-3/h4-6,8-9,11,13H,7,10H2,1-3H3,(H2,24,29). The van der Waals surface area contributed by atoms with E-state index in [1.54, 1.807) is 30.1 Å². The monoisotopic (exact) mass is 471 g/mol. The van der Waals surface area contributed by atoms with Crippen LogP contribution >= 0.6 is 11.3 Å². The molecule has 2 N–H and O–H groups in total. The molecule has 1 amide bonds. The Hall–Kier alpha value is -3.73. The highest BCUT2D eigenvalue weighted by atomic mass is 32.1. The normalized spacial score (nSPS) is 12.2. The van der Waals surface area contributed by atoms with Crippen molar-refractivity contribution in [2.75, 3.05) is 7.11 Å². The van der Waals surface area contributed by atoms with Gasteiger partial charge in [-0.15, -0.1) is 0 Å². The summed E-state index contributed by atoms with van der Waals surface area (Å²) in [5, 5.41) is 5.22. The molecule has 0 aliphatic carbocycles. The maximum Gasteiger partial charge on any atom is 0.332 e. The summed E-state index contributed by atoms with van der Waals surface area (Å²) in [4.78, 5) is 39.0. The fraction of sp³-hybridized carbons (Fsp3) is 0.273. The zero-order chi connectivity index (χ0) is 23.9.